The summed E-state index contributed by atoms with van der Waals surface area (Å²) >= 11 is 0. The van der Waals surface area contributed by atoms with Crippen LogP contribution in [0.15, 0.2) is 22.9 Å². The summed E-state index contributed by atoms with van der Waals surface area (Å²) in [5.41, 5.74) is 3.39. The van der Waals surface area contributed by atoms with E-state index in [0.717, 1.165) is 49.6 Å². The van der Waals surface area contributed by atoms with Gasteiger partial charge in [0.2, 0.25) is 0 Å². The van der Waals surface area contributed by atoms with Crippen LogP contribution in [0.3, 0.4) is 0 Å². The molecule has 2 aromatic heterocycles. The Bertz CT molecular complexity index is 750. The molecule has 126 valence electrons. The molecule has 0 aromatic carbocycles. The Morgan fingerprint density at radius 3 is 2.88 bits per heavy atom. The molecule has 0 bridgehead atoms. The van der Waals surface area contributed by atoms with E-state index in [1.807, 2.05) is 17.9 Å². The molecule has 4 rings (SSSR count). The summed E-state index contributed by atoms with van der Waals surface area (Å²) in [5.74, 6) is 1.48. The molecule has 1 atom stereocenters. The second kappa shape index (κ2) is 6.36. The molecule has 0 radical (unpaired) electrons. The van der Waals surface area contributed by atoms with Gasteiger partial charge in [-0.1, -0.05) is 0 Å². The number of amides is 1. The molecule has 0 unspecified atom stereocenters. The highest BCUT2D eigenvalue weighted by Crippen LogP contribution is 2.29. The molecule has 2 aromatic rings. The monoisotopic (exact) mass is 327 g/mol. The number of fused-ring (bicyclic) bond motifs is 1. The van der Waals surface area contributed by atoms with Gasteiger partial charge in [-0.25, -0.2) is 9.97 Å². The molecular formula is C18H21N3O3. The van der Waals surface area contributed by atoms with Gasteiger partial charge in [0.25, 0.3) is 5.91 Å². The molecule has 6 heteroatoms. The lowest BCUT2D eigenvalue weighted by molar-refractivity contribution is 0.0729. The van der Waals surface area contributed by atoms with Crippen LogP contribution in [0.4, 0.5) is 0 Å². The van der Waals surface area contributed by atoms with Gasteiger partial charge < -0.3 is 14.1 Å². The van der Waals surface area contributed by atoms with Gasteiger partial charge in [-0.15, -0.1) is 0 Å². The predicted molar refractivity (Wildman–Crippen MR) is 87.0 cm³/mol. The van der Waals surface area contributed by atoms with E-state index < -0.39 is 0 Å². The third-order valence-electron chi connectivity index (χ3n) is 4.87. The molecule has 1 amide bonds. The topological polar surface area (TPSA) is 68.5 Å². The second-order valence-electron chi connectivity index (χ2n) is 6.45. The fraction of sp³-hybridized carbons (Fsp3) is 0.500. The molecule has 4 heterocycles. The average molecular weight is 327 g/mol. The van der Waals surface area contributed by atoms with E-state index in [9.17, 15) is 4.79 Å². The van der Waals surface area contributed by atoms with Gasteiger partial charge in [0.1, 0.15) is 12.1 Å². The van der Waals surface area contributed by atoms with Gasteiger partial charge in [0.15, 0.2) is 5.76 Å². The van der Waals surface area contributed by atoms with Crippen LogP contribution in [0.1, 0.15) is 45.6 Å². The summed E-state index contributed by atoms with van der Waals surface area (Å²) in [6.07, 6.45) is 4.20. The first kappa shape index (κ1) is 15.3. The highest BCUT2D eigenvalue weighted by molar-refractivity contribution is 5.91. The van der Waals surface area contributed by atoms with Crippen molar-refractivity contribution in [2.45, 2.75) is 32.1 Å². The first-order chi connectivity index (χ1) is 11.7. The first-order valence-electron chi connectivity index (χ1n) is 8.48. The minimum absolute atomic E-state index is 0.0467. The molecule has 2 aliphatic heterocycles. The first-order valence-corrected chi connectivity index (χ1v) is 8.48. The zero-order valence-corrected chi connectivity index (χ0v) is 13.8. The van der Waals surface area contributed by atoms with Crippen LogP contribution >= 0.6 is 0 Å². The van der Waals surface area contributed by atoms with E-state index in [4.69, 9.17) is 9.15 Å². The van der Waals surface area contributed by atoms with Gasteiger partial charge in [-0.2, -0.15) is 0 Å². The molecule has 1 saturated heterocycles. The van der Waals surface area contributed by atoms with Crippen LogP contribution in [0, 0.1) is 6.92 Å². The van der Waals surface area contributed by atoms with Crippen LogP contribution < -0.4 is 0 Å². The number of carbonyl (C=O) groups is 1. The number of furan rings is 1. The highest BCUT2D eigenvalue weighted by Gasteiger charge is 2.28. The van der Waals surface area contributed by atoms with Gasteiger partial charge in [0.05, 0.1) is 12.3 Å². The number of aryl methyl sites for hydroxylation is 1. The van der Waals surface area contributed by atoms with Crippen LogP contribution in [0.25, 0.3) is 0 Å². The lowest BCUT2D eigenvalue weighted by Gasteiger charge is -2.18. The van der Waals surface area contributed by atoms with E-state index in [1.54, 1.807) is 12.4 Å². The van der Waals surface area contributed by atoms with E-state index in [1.165, 1.54) is 5.56 Å². The quantitative estimate of drug-likeness (QED) is 0.845. The van der Waals surface area contributed by atoms with Crippen molar-refractivity contribution in [1.82, 2.24) is 14.9 Å². The average Bonchev–Trinajstić information content (AvgIpc) is 3.22. The van der Waals surface area contributed by atoms with Crippen molar-refractivity contribution in [3.05, 3.63) is 46.9 Å². The van der Waals surface area contributed by atoms with Gasteiger partial charge >= 0.3 is 0 Å². The molecule has 2 aliphatic rings. The lowest BCUT2D eigenvalue weighted by atomic mass is 9.96. The van der Waals surface area contributed by atoms with Crippen LogP contribution in [-0.2, 0) is 17.6 Å². The Labute approximate surface area is 140 Å². The van der Waals surface area contributed by atoms with E-state index >= 15 is 0 Å². The molecule has 0 N–H and O–H groups in total. The Morgan fingerprint density at radius 2 is 2.12 bits per heavy atom. The third-order valence-corrected chi connectivity index (χ3v) is 4.87. The van der Waals surface area contributed by atoms with Crippen LogP contribution in [0.5, 0.6) is 0 Å². The lowest BCUT2D eigenvalue weighted by Crippen LogP contribution is -2.33. The Kier molecular flexibility index (Phi) is 4.06. The number of hydrogen-bond donors (Lipinski definition) is 0. The number of ether oxygens (including phenoxy) is 1. The normalized spacial score (nSPS) is 20.7. The van der Waals surface area contributed by atoms with Crippen molar-refractivity contribution in [1.29, 1.82) is 0 Å². The zero-order valence-electron chi connectivity index (χ0n) is 13.8. The molecule has 0 saturated carbocycles. The van der Waals surface area contributed by atoms with Gasteiger partial charge in [-0.05, 0) is 37.5 Å². The van der Waals surface area contributed by atoms with Crippen molar-refractivity contribution in [2.24, 2.45) is 0 Å². The predicted octanol–water partition coefficient (Wildman–Crippen LogP) is 2.12. The maximum atomic E-state index is 12.6. The summed E-state index contributed by atoms with van der Waals surface area (Å²) < 4.78 is 11.0. The SMILES string of the molecule is Cc1ccc(C(=O)N2CCc3ncnc([C@H]4CCOC4)c3CC2)o1. The standard InChI is InChI=1S/C18H21N3O3/c1-12-2-3-16(24-12)18(22)21-7-4-14-15(5-8-21)19-11-20-17(14)13-6-9-23-10-13/h2-3,11,13H,4-10H2,1H3/t13-/m0/s1. The van der Waals surface area contributed by atoms with Crippen LogP contribution in [-0.4, -0.2) is 47.1 Å². The number of aromatic nitrogens is 2. The van der Waals surface area contributed by atoms with Crippen molar-refractivity contribution in [3.8, 4) is 0 Å². The number of hydrogen-bond acceptors (Lipinski definition) is 5. The molecular weight excluding hydrogens is 306 g/mol. The minimum Gasteiger partial charge on any atom is -0.456 e. The zero-order chi connectivity index (χ0) is 16.5. The fourth-order valence-corrected chi connectivity index (χ4v) is 3.56. The summed E-state index contributed by atoms with van der Waals surface area (Å²) in [6.45, 7) is 4.70. The summed E-state index contributed by atoms with van der Waals surface area (Å²) in [5, 5.41) is 0. The fourth-order valence-electron chi connectivity index (χ4n) is 3.56. The van der Waals surface area contributed by atoms with Gasteiger partial charge in [0, 0.05) is 37.7 Å². The summed E-state index contributed by atoms with van der Waals surface area (Å²) in [6, 6.07) is 3.57. The van der Waals surface area contributed by atoms with E-state index in [0.29, 0.717) is 24.8 Å². The van der Waals surface area contributed by atoms with Gasteiger partial charge in [-0.3, -0.25) is 4.79 Å². The number of rotatable bonds is 2. The van der Waals surface area contributed by atoms with E-state index in [2.05, 4.69) is 9.97 Å². The highest BCUT2D eigenvalue weighted by atomic mass is 16.5. The van der Waals surface area contributed by atoms with E-state index in [-0.39, 0.29) is 5.91 Å². The van der Waals surface area contributed by atoms with Crippen molar-refractivity contribution < 1.29 is 13.9 Å². The van der Waals surface area contributed by atoms with Crippen LogP contribution in [0.2, 0.25) is 0 Å². The maximum Gasteiger partial charge on any atom is 0.289 e. The molecule has 0 aliphatic carbocycles. The minimum atomic E-state index is -0.0467. The number of nitrogens with zero attached hydrogens (tertiary/aromatic N) is 3. The molecule has 0 spiro atoms. The maximum absolute atomic E-state index is 12.6. The van der Waals surface area contributed by atoms with Crippen molar-refractivity contribution in [2.75, 3.05) is 26.3 Å². The largest absolute Gasteiger partial charge is 0.456 e. The Balaban J connectivity index is 1.55. The Hall–Kier alpha value is -2.21. The molecule has 24 heavy (non-hydrogen) atoms. The molecule has 1 fully saturated rings. The summed E-state index contributed by atoms with van der Waals surface area (Å²) in [7, 11) is 0. The van der Waals surface area contributed by atoms with Crippen molar-refractivity contribution in [3.63, 3.8) is 0 Å². The Morgan fingerprint density at radius 1 is 1.25 bits per heavy atom. The number of carbonyl (C=O) groups excluding carboxylic acids is 1. The smallest absolute Gasteiger partial charge is 0.289 e. The second-order valence-corrected chi connectivity index (χ2v) is 6.45. The molecule has 6 nitrogen and oxygen atoms in total. The van der Waals surface area contributed by atoms with Crippen molar-refractivity contribution >= 4 is 5.91 Å². The summed E-state index contributed by atoms with van der Waals surface area (Å²) in [4.78, 5) is 23.5. The third kappa shape index (κ3) is 2.82.